The van der Waals surface area contributed by atoms with Crippen LogP contribution in [0.25, 0.3) is 10.9 Å². The predicted octanol–water partition coefficient (Wildman–Crippen LogP) is 2.57. The Hall–Kier alpha value is -1.57. The highest BCUT2D eigenvalue weighted by Gasteiger charge is 2.24. The molecule has 0 unspecified atom stereocenters. The number of likely N-dealkylation sites (N-methyl/N-ethyl adjacent to an activating group) is 1. The molecule has 0 radical (unpaired) electrons. The van der Waals surface area contributed by atoms with E-state index in [4.69, 9.17) is 0 Å². The number of hydrogen-bond donors (Lipinski definition) is 1. The lowest BCUT2D eigenvalue weighted by Crippen LogP contribution is -2.27. The van der Waals surface area contributed by atoms with Crippen molar-refractivity contribution in [2.24, 2.45) is 0 Å². The maximum absolute atomic E-state index is 3.55. The minimum Gasteiger partial charge on any atom is -0.350 e. The fourth-order valence-corrected chi connectivity index (χ4v) is 2.74. The molecule has 1 aliphatic heterocycles. The Bertz CT molecular complexity index is 575. The van der Waals surface area contributed by atoms with E-state index in [0.717, 1.165) is 19.5 Å². The number of aromatic amines is 1. The number of aromatic nitrogens is 1. The maximum atomic E-state index is 3.55. The molecule has 2 heteroatoms. The minimum atomic E-state index is 1.10. The molecule has 3 rings (SSSR count). The maximum Gasteiger partial charge on any atom is 0.196 e. The van der Waals surface area contributed by atoms with Crippen LogP contribution in [0.3, 0.4) is 0 Å². The van der Waals surface area contributed by atoms with Crippen molar-refractivity contribution < 1.29 is 4.58 Å². The van der Waals surface area contributed by atoms with Gasteiger partial charge in [0.05, 0.1) is 0 Å². The van der Waals surface area contributed by atoms with Gasteiger partial charge in [0.1, 0.15) is 18.8 Å². The summed E-state index contributed by atoms with van der Waals surface area (Å²) in [5.41, 5.74) is 5.50. The summed E-state index contributed by atoms with van der Waals surface area (Å²) in [5.74, 6) is 0. The van der Waals surface area contributed by atoms with E-state index in [-0.39, 0.29) is 0 Å². The van der Waals surface area contributed by atoms with Crippen LogP contribution in [0.1, 0.15) is 25.1 Å². The van der Waals surface area contributed by atoms with Gasteiger partial charge in [0.25, 0.3) is 0 Å². The molecule has 0 bridgehead atoms. The summed E-state index contributed by atoms with van der Waals surface area (Å²) in [4.78, 5) is 3.55. The molecule has 2 nitrogen and oxygen atoms in total. The Kier molecular flexibility index (Phi) is 2.10. The van der Waals surface area contributed by atoms with Crippen LogP contribution in [0.2, 0.25) is 0 Å². The van der Waals surface area contributed by atoms with Gasteiger partial charge in [-0.1, -0.05) is 18.2 Å². The van der Waals surface area contributed by atoms with Crippen LogP contribution < -0.4 is 0 Å². The van der Waals surface area contributed by atoms with E-state index in [1.807, 2.05) is 0 Å². The van der Waals surface area contributed by atoms with Crippen molar-refractivity contribution in [3.63, 3.8) is 0 Å². The summed E-state index contributed by atoms with van der Waals surface area (Å²) in [6.07, 6.45) is 1.16. The smallest absolute Gasteiger partial charge is 0.196 e. The van der Waals surface area contributed by atoms with Crippen molar-refractivity contribution in [2.45, 2.75) is 20.3 Å². The molecule has 1 aliphatic rings. The molecule has 16 heavy (non-hydrogen) atoms. The molecule has 0 saturated carbocycles. The first-order valence-corrected chi connectivity index (χ1v) is 5.99. The molecule has 0 aliphatic carbocycles. The SMILES string of the molecule is CC[N+]1=C(C)c2[nH]c3ccccc3c2CC1. The topological polar surface area (TPSA) is 18.8 Å². The minimum absolute atomic E-state index is 1.10. The molecule has 2 aromatic rings. The number of benzene rings is 1. The summed E-state index contributed by atoms with van der Waals surface area (Å²) in [5, 5.41) is 1.40. The van der Waals surface area contributed by atoms with E-state index >= 15 is 0 Å². The van der Waals surface area contributed by atoms with Gasteiger partial charge in [0.2, 0.25) is 0 Å². The summed E-state index contributed by atoms with van der Waals surface area (Å²) >= 11 is 0. The van der Waals surface area contributed by atoms with Gasteiger partial charge in [-0.25, -0.2) is 4.58 Å². The first-order chi connectivity index (χ1) is 7.81. The Morgan fingerprint density at radius 3 is 2.94 bits per heavy atom. The molecule has 0 amide bonds. The normalized spacial score (nSPS) is 15.6. The quantitative estimate of drug-likeness (QED) is 0.702. The Labute approximate surface area is 95.6 Å². The first-order valence-electron chi connectivity index (χ1n) is 5.99. The number of para-hydroxylation sites is 1. The highest BCUT2D eigenvalue weighted by molar-refractivity contribution is 6.02. The number of nitrogens with one attached hydrogen (secondary N) is 1. The van der Waals surface area contributed by atoms with Crippen molar-refractivity contribution in [1.82, 2.24) is 4.98 Å². The van der Waals surface area contributed by atoms with Crippen molar-refractivity contribution >= 4 is 16.6 Å². The fourth-order valence-electron chi connectivity index (χ4n) is 2.74. The van der Waals surface area contributed by atoms with Gasteiger partial charge in [-0.15, -0.1) is 0 Å². The standard InChI is InChI=1S/C14H16N2/c1-3-16-9-8-12-11-6-4-5-7-13(11)15-14(12)10(16)2/h4-7H,3,8-9H2,1-2H3/p+1. The van der Waals surface area contributed by atoms with Crippen LogP contribution in [0.4, 0.5) is 0 Å². The third-order valence-electron chi connectivity index (χ3n) is 3.66. The molecule has 82 valence electrons. The molecule has 1 aromatic carbocycles. The lowest BCUT2D eigenvalue weighted by atomic mass is 10.0. The van der Waals surface area contributed by atoms with Gasteiger partial charge in [0, 0.05) is 24.2 Å². The summed E-state index contributed by atoms with van der Waals surface area (Å²) in [6.45, 7) is 6.69. The van der Waals surface area contributed by atoms with Crippen LogP contribution in [0.15, 0.2) is 24.3 Å². The third-order valence-corrected chi connectivity index (χ3v) is 3.66. The van der Waals surface area contributed by atoms with E-state index in [0.29, 0.717) is 0 Å². The first kappa shape index (κ1) is 9.64. The number of nitrogens with zero attached hydrogens (tertiary/aromatic N) is 1. The second kappa shape index (κ2) is 3.48. The summed E-state index contributed by atoms with van der Waals surface area (Å²) < 4.78 is 2.44. The zero-order valence-electron chi connectivity index (χ0n) is 9.88. The molecular weight excluding hydrogens is 196 g/mol. The average molecular weight is 213 g/mol. The fraction of sp³-hybridized carbons (Fsp3) is 0.357. The molecular formula is C14H17N2+. The number of hydrogen-bond acceptors (Lipinski definition) is 0. The van der Waals surface area contributed by atoms with Crippen molar-refractivity contribution in [3.05, 3.63) is 35.5 Å². The Morgan fingerprint density at radius 2 is 2.12 bits per heavy atom. The predicted molar refractivity (Wildman–Crippen MR) is 67.5 cm³/mol. The zero-order chi connectivity index (χ0) is 11.1. The highest BCUT2D eigenvalue weighted by atomic mass is 15.0. The van der Waals surface area contributed by atoms with Crippen LogP contribution in [-0.4, -0.2) is 28.4 Å². The van der Waals surface area contributed by atoms with Crippen LogP contribution in [-0.2, 0) is 6.42 Å². The summed E-state index contributed by atoms with van der Waals surface area (Å²) in [6, 6.07) is 8.60. The van der Waals surface area contributed by atoms with Crippen LogP contribution >= 0.6 is 0 Å². The van der Waals surface area contributed by atoms with E-state index in [1.165, 1.54) is 27.9 Å². The van der Waals surface area contributed by atoms with Gasteiger partial charge < -0.3 is 4.98 Å². The Morgan fingerprint density at radius 1 is 1.31 bits per heavy atom. The number of rotatable bonds is 1. The monoisotopic (exact) mass is 213 g/mol. The molecule has 0 atom stereocenters. The lowest BCUT2D eigenvalue weighted by Gasteiger charge is -2.12. The third kappa shape index (κ3) is 1.22. The van der Waals surface area contributed by atoms with Gasteiger partial charge in [-0.2, -0.15) is 0 Å². The molecule has 2 heterocycles. The van der Waals surface area contributed by atoms with Gasteiger partial charge in [-0.05, 0) is 18.6 Å². The van der Waals surface area contributed by atoms with Crippen LogP contribution in [0, 0.1) is 0 Å². The van der Waals surface area contributed by atoms with E-state index in [1.54, 1.807) is 0 Å². The summed E-state index contributed by atoms with van der Waals surface area (Å²) in [7, 11) is 0. The van der Waals surface area contributed by atoms with Crippen molar-refractivity contribution in [3.8, 4) is 0 Å². The molecule has 1 aromatic heterocycles. The molecule has 0 saturated heterocycles. The number of fused-ring (bicyclic) bond motifs is 3. The van der Waals surface area contributed by atoms with E-state index < -0.39 is 0 Å². The second-order valence-corrected chi connectivity index (χ2v) is 4.44. The average Bonchev–Trinajstić information content (AvgIpc) is 2.69. The number of H-pyrrole nitrogens is 1. The van der Waals surface area contributed by atoms with E-state index in [2.05, 4.69) is 47.7 Å². The van der Waals surface area contributed by atoms with Gasteiger partial charge in [-0.3, -0.25) is 0 Å². The second-order valence-electron chi connectivity index (χ2n) is 4.44. The molecule has 0 spiro atoms. The molecule has 1 N–H and O–H groups in total. The highest BCUT2D eigenvalue weighted by Crippen LogP contribution is 2.25. The van der Waals surface area contributed by atoms with Crippen molar-refractivity contribution in [2.75, 3.05) is 13.1 Å². The lowest BCUT2D eigenvalue weighted by molar-refractivity contribution is -0.525. The van der Waals surface area contributed by atoms with Gasteiger partial charge >= 0.3 is 0 Å². The largest absolute Gasteiger partial charge is 0.350 e. The molecule has 0 fully saturated rings. The zero-order valence-corrected chi connectivity index (χ0v) is 9.88. The van der Waals surface area contributed by atoms with Crippen LogP contribution in [0.5, 0.6) is 0 Å². The van der Waals surface area contributed by atoms with E-state index in [9.17, 15) is 0 Å². The van der Waals surface area contributed by atoms with Crippen molar-refractivity contribution in [1.29, 1.82) is 0 Å². The Balaban J connectivity index is 2.30. The van der Waals surface area contributed by atoms with Gasteiger partial charge in [0.15, 0.2) is 5.71 Å².